The molecule has 0 unspecified atom stereocenters. The lowest BCUT2D eigenvalue weighted by molar-refractivity contribution is -0.124. The van der Waals surface area contributed by atoms with Crippen LogP contribution in [0.4, 0.5) is 5.13 Å². The van der Waals surface area contributed by atoms with Crippen molar-refractivity contribution in [1.29, 1.82) is 0 Å². The van der Waals surface area contributed by atoms with Crippen molar-refractivity contribution < 1.29 is 9.53 Å². The lowest BCUT2D eigenvalue weighted by Gasteiger charge is -2.31. The number of fused-ring (bicyclic) bond motifs is 1. The average Bonchev–Trinajstić information content (AvgIpc) is 3.02. The molecule has 2 fully saturated rings. The Balaban J connectivity index is 0.00000225. The predicted molar refractivity (Wildman–Crippen MR) is 118 cm³/mol. The molecule has 5 nitrogen and oxygen atoms in total. The van der Waals surface area contributed by atoms with Gasteiger partial charge < -0.3 is 4.74 Å². The molecule has 1 aromatic carbocycles. The molecule has 0 radical (unpaired) electrons. The van der Waals surface area contributed by atoms with Gasteiger partial charge in [-0.05, 0) is 43.9 Å². The molecule has 2 aromatic rings. The highest BCUT2D eigenvalue weighted by molar-refractivity contribution is 7.22. The summed E-state index contributed by atoms with van der Waals surface area (Å²) in [6, 6.07) is 3.88. The second kappa shape index (κ2) is 9.72. The SMILES string of the molecule is Cc1cc(Cl)cc2sc(N(CCCN3CCOCC3)C(=O)C3CCC3)nc12.Cl. The van der Waals surface area contributed by atoms with Gasteiger partial charge >= 0.3 is 0 Å². The van der Waals surface area contributed by atoms with Crippen LogP contribution in [0.2, 0.25) is 5.02 Å². The summed E-state index contributed by atoms with van der Waals surface area (Å²) in [7, 11) is 0. The zero-order chi connectivity index (χ0) is 18.8. The second-order valence-electron chi connectivity index (χ2n) is 7.49. The minimum absolute atomic E-state index is 0. The first-order valence-electron chi connectivity index (χ1n) is 9.80. The molecule has 1 saturated carbocycles. The van der Waals surface area contributed by atoms with Crippen LogP contribution in [0, 0.1) is 12.8 Å². The summed E-state index contributed by atoms with van der Waals surface area (Å²) in [6.07, 6.45) is 4.13. The largest absolute Gasteiger partial charge is 0.379 e. The number of carbonyl (C=O) groups excluding carboxylic acids is 1. The van der Waals surface area contributed by atoms with Crippen molar-refractivity contribution in [1.82, 2.24) is 9.88 Å². The highest BCUT2D eigenvalue weighted by Crippen LogP contribution is 2.36. The minimum atomic E-state index is 0. The Bertz CT molecular complexity index is 819. The van der Waals surface area contributed by atoms with E-state index < -0.39 is 0 Å². The van der Waals surface area contributed by atoms with Crippen molar-refractivity contribution in [2.45, 2.75) is 32.6 Å². The molecule has 0 N–H and O–H groups in total. The van der Waals surface area contributed by atoms with Crippen LogP contribution in [0.3, 0.4) is 0 Å². The lowest BCUT2D eigenvalue weighted by Crippen LogP contribution is -2.42. The number of anilines is 1. The highest BCUT2D eigenvalue weighted by atomic mass is 35.5. The molecule has 0 bridgehead atoms. The van der Waals surface area contributed by atoms with Gasteiger partial charge in [-0.3, -0.25) is 14.6 Å². The maximum atomic E-state index is 13.1. The third-order valence-electron chi connectivity index (χ3n) is 5.55. The Morgan fingerprint density at radius 2 is 2.11 bits per heavy atom. The quantitative estimate of drug-likeness (QED) is 0.657. The summed E-state index contributed by atoms with van der Waals surface area (Å²) in [5, 5.41) is 1.54. The lowest BCUT2D eigenvalue weighted by atomic mass is 9.84. The first-order valence-corrected chi connectivity index (χ1v) is 11.0. The van der Waals surface area contributed by atoms with Gasteiger partial charge in [-0.25, -0.2) is 4.98 Å². The molecule has 4 rings (SSSR count). The number of hydrogen-bond acceptors (Lipinski definition) is 5. The molecule has 1 saturated heterocycles. The van der Waals surface area contributed by atoms with E-state index >= 15 is 0 Å². The van der Waals surface area contributed by atoms with Gasteiger partial charge in [0, 0.05) is 37.1 Å². The fourth-order valence-electron chi connectivity index (χ4n) is 3.71. The second-order valence-corrected chi connectivity index (χ2v) is 8.94. The highest BCUT2D eigenvalue weighted by Gasteiger charge is 2.31. The van der Waals surface area contributed by atoms with Crippen molar-refractivity contribution in [2.75, 3.05) is 44.3 Å². The van der Waals surface area contributed by atoms with Gasteiger partial charge in [-0.1, -0.05) is 29.4 Å². The van der Waals surface area contributed by atoms with Crippen LogP contribution < -0.4 is 4.90 Å². The Kier molecular flexibility index (Phi) is 7.56. The summed E-state index contributed by atoms with van der Waals surface area (Å²) in [6.45, 7) is 7.32. The number of morpholine rings is 1. The number of aryl methyl sites for hydroxylation is 1. The average molecular weight is 444 g/mol. The van der Waals surface area contributed by atoms with E-state index in [4.69, 9.17) is 21.3 Å². The van der Waals surface area contributed by atoms with E-state index in [0.29, 0.717) is 0 Å². The van der Waals surface area contributed by atoms with E-state index in [1.54, 1.807) is 11.3 Å². The molecule has 154 valence electrons. The van der Waals surface area contributed by atoms with Gasteiger partial charge in [0.1, 0.15) is 0 Å². The number of nitrogens with zero attached hydrogens (tertiary/aromatic N) is 3. The number of ether oxygens (including phenoxy) is 1. The van der Waals surface area contributed by atoms with Crippen molar-refractivity contribution >= 4 is 56.6 Å². The minimum Gasteiger partial charge on any atom is -0.379 e. The Labute approximate surface area is 181 Å². The van der Waals surface area contributed by atoms with Gasteiger partial charge in [0.05, 0.1) is 23.4 Å². The zero-order valence-electron chi connectivity index (χ0n) is 16.2. The van der Waals surface area contributed by atoms with Crippen LogP contribution in [0.1, 0.15) is 31.2 Å². The Morgan fingerprint density at radius 1 is 1.36 bits per heavy atom. The number of rotatable bonds is 6. The van der Waals surface area contributed by atoms with Gasteiger partial charge in [0.15, 0.2) is 5.13 Å². The molecule has 0 atom stereocenters. The zero-order valence-corrected chi connectivity index (χ0v) is 18.5. The summed E-state index contributed by atoms with van der Waals surface area (Å²) < 4.78 is 6.47. The third kappa shape index (κ3) is 4.79. The summed E-state index contributed by atoms with van der Waals surface area (Å²) >= 11 is 7.79. The molecular formula is C20H27Cl2N3O2S. The molecular weight excluding hydrogens is 417 g/mol. The molecule has 28 heavy (non-hydrogen) atoms. The Hall–Kier alpha value is -0.920. The number of benzene rings is 1. The van der Waals surface area contributed by atoms with Crippen molar-refractivity contribution in [3.8, 4) is 0 Å². The third-order valence-corrected chi connectivity index (χ3v) is 6.79. The van der Waals surface area contributed by atoms with Crippen LogP contribution in [-0.2, 0) is 9.53 Å². The monoisotopic (exact) mass is 443 g/mol. The van der Waals surface area contributed by atoms with Crippen LogP contribution in [0.5, 0.6) is 0 Å². The normalized spacial score (nSPS) is 17.9. The van der Waals surface area contributed by atoms with Gasteiger partial charge in [-0.15, -0.1) is 12.4 Å². The maximum Gasteiger partial charge on any atom is 0.231 e. The molecule has 1 aliphatic heterocycles. The van der Waals surface area contributed by atoms with E-state index in [0.717, 1.165) is 91.0 Å². The fourth-order valence-corrected chi connectivity index (χ4v) is 5.16. The van der Waals surface area contributed by atoms with Gasteiger partial charge in [0.25, 0.3) is 0 Å². The van der Waals surface area contributed by atoms with E-state index in [2.05, 4.69) is 4.90 Å². The van der Waals surface area contributed by atoms with E-state index in [1.807, 2.05) is 24.0 Å². The van der Waals surface area contributed by atoms with Crippen LogP contribution in [-0.4, -0.2) is 55.2 Å². The molecule has 1 aliphatic carbocycles. The standard InChI is InChI=1S/C20H26ClN3O2S.ClH/c1-14-12-16(21)13-17-18(14)22-20(27-17)24(19(25)15-4-2-5-15)7-3-6-23-8-10-26-11-9-23;/h12-13,15H,2-11H2,1H3;1H. The number of aromatic nitrogens is 1. The number of thiazole rings is 1. The molecule has 8 heteroatoms. The van der Waals surface area contributed by atoms with E-state index in [1.165, 1.54) is 0 Å². The van der Waals surface area contributed by atoms with Gasteiger partial charge in [-0.2, -0.15) is 0 Å². The fraction of sp³-hybridized carbons (Fsp3) is 0.600. The molecule has 1 amide bonds. The van der Waals surface area contributed by atoms with Crippen molar-refractivity contribution in [3.05, 3.63) is 22.7 Å². The number of carbonyl (C=O) groups is 1. The topological polar surface area (TPSA) is 45.7 Å². The Morgan fingerprint density at radius 3 is 2.79 bits per heavy atom. The molecule has 1 aromatic heterocycles. The molecule has 2 heterocycles. The smallest absolute Gasteiger partial charge is 0.231 e. The van der Waals surface area contributed by atoms with Crippen LogP contribution in [0.15, 0.2) is 12.1 Å². The number of amides is 1. The summed E-state index contributed by atoms with van der Waals surface area (Å²) in [5.41, 5.74) is 2.02. The van der Waals surface area contributed by atoms with Gasteiger partial charge in [0.2, 0.25) is 5.91 Å². The number of hydrogen-bond donors (Lipinski definition) is 0. The van der Waals surface area contributed by atoms with Crippen LogP contribution in [0.25, 0.3) is 10.2 Å². The van der Waals surface area contributed by atoms with Crippen molar-refractivity contribution in [2.24, 2.45) is 5.92 Å². The summed E-state index contributed by atoms with van der Waals surface area (Å²) in [4.78, 5) is 22.2. The van der Waals surface area contributed by atoms with Crippen molar-refractivity contribution in [3.63, 3.8) is 0 Å². The first kappa shape index (κ1) is 21.8. The first-order chi connectivity index (χ1) is 13.1. The molecule has 0 spiro atoms. The van der Waals surface area contributed by atoms with Crippen LogP contribution >= 0.6 is 35.3 Å². The molecule has 2 aliphatic rings. The van der Waals surface area contributed by atoms with E-state index in [-0.39, 0.29) is 24.2 Å². The number of halogens is 2. The summed E-state index contributed by atoms with van der Waals surface area (Å²) in [5.74, 6) is 0.413. The maximum absolute atomic E-state index is 13.1. The predicted octanol–water partition coefficient (Wildman–Crippen LogP) is 4.54. The van der Waals surface area contributed by atoms with E-state index in [9.17, 15) is 4.79 Å².